The fraction of sp³-hybridized carbons (Fsp3) is 0.560. The van der Waals surface area contributed by atoms with Crippen LogP contribution < -0.4 is 9.64 Å². The van der Waals surface area contributed by atoms with Gasteiger partial charge in [-0.05, 0) is 55.1 Å². The summed E-state index contributed by atoms with van der Waals surface area (Å²) in [7, 11) is 0. The van der Waals surface area contributed by atoms with Crippen molar-refractivity contribution in [2.24, 2.45) is 17.8 Å². The Balaban J connectivity index is 1.02. The molecule has 1 amide bonds. The Labute approximate surface area is 203 Å². The van der Waals surface area contributed by atoms with Crippen LogP contribution in [0.25, 0.3) is 0 Å². The number of nitrogens with zero attached hydrogens (tertiary/aromatic N) is 4. The molecular formula is C25H29ClF2N4O2. The van der Waals surface area contributed by atoms with Gasteiger partial charge in [0, 0.05) is 19.2 Å². The molecule has 0 spiro atoms. The van der Waals surface area contributed by atoms with Crippen LogP contribution >= 0.6 is 11.6 Å². The number of ether oxygens (including phenoxy) is 1. The van der Waals surface area contributed by atoms with Gasteiger partial charge in [-0.15, -0.1) is 0 Å². The minimum Gasteiger partial charge on any atom is -0.493 e. The minimum atomic E-state index is -0.951. The molecule has 0 radical (unpaired) electrons. The number of aromatic nitrogens is 2. The molecular weight excluding hydrogens is 462 g/mol. The van der Waals surface area contributed by atoms with Gasteiger partial charge in [0.1, 0.15) is 17.7 Å². The summed E-state index contributed by atoms with van der Waals surface area (Å²) in [6.45, 7) is 2.71. The molecule has 2 saturated heterocycles. The molecule has 0 bridgehead atoms. The second kappa shape index (κ2) is 10.0. The SMILES string of the molecule is O=C(Cc1ccc(OCC[C@H]2C[C@H]2C2CCN(c3ncc(Cl)cn3)CC2)cc1F)N1CC(F)C1. The second-order valence-electron chi connectivity index (χ2n) is 9.65. The average Bonchev–Trinajstić information content (AvgIpc) is 3.59. The summed E-state index contributed by atoms with van der Waals surface area (Å²) in [4.78, 5) is 24.3. The fourth-order valence-electron chi connectivity index (χ4n) is 5.17. The van der Waals surface area contributed by atoms with E-state index in [0.29, 0.717) is 28.9 Å². The van der Waals surface area contributed by atoms with Crippen LogP contribution in [0.2, 0.25) is 5.02 Å². The van der Waals surface area contributed by atoms with Crippen molar-refractivity contribution in [3.8, 4) is 5.75 Å². The number of halogens is 3. The first-order valence-electron chi connectivity index (χ1n) is 12.0. The lowest BCUT2D eigenvalue weighted by Gasteiger charge is -2.34. The van der Waals surface area contributed by atoms with Crippen molar-refractivity contribution in [1.82, 2.24) is 14.9 Å². The van der Waals surface area contributed by atoms with Crippen LogP contribution in [0.15, 0.2) is 30.6 Å². The third-order valence-electron chi connectivity index (χ3n) is 7.33. The second-order valence-corrected chi connectivity index (χ2v) is 10.1. The normalized spacial score (nSPS) is 23.0. The molecule has 5 rings (SSSR count). The van der Waals surface area contributed by atoms with Crippen molar-refractivity contribution in [2.45, 2.75) is 38.3 Å². The van der Waals surface area contributed by atoms with E-state index in [1.165, 1.54) is 17.4 Å². The van der Waals surface area contributed by atoms with Crippen molar-refractivity contribution >= 4 is 23.5 Å². The molecule has 2 atom stereocenters. The Kier molecular flexibility index (Phi) is 6.86. The molecule has 9 heteroatoms. The van der Waals surface area contributed by atoms with E-state index in [4.69, 9.17) is 16.3 Å². The van der Waals surface area contributed by atoms with Gasteiger partial charge >= 0.3 is 0 Å². The highest BCUT2D eigenvalue weighted by Crippen LogP contribution is 2.49. The number of benzene rings is 1. The summed E-state index contributed by atoms with van der Waals surface area (Å²) in [6.07, 6.45) is 6.76. The summed E-state index contributed by atoms with van der Waals surface area (Å²) in [5.41, 5.74) is 0.317. The zero-order valence-electron chi connectivity index (χ0n) is 19.0. The summed E-state index contributed by atoms with van der Waals surface area (Å²) in [5, 5.41) is 0.551. The van der Waals surface area contributed by atoms with Gasteiger partial charge in [-0.3, -0.25) is 4.79 Å². The van der Waals surface area contributed by atoms with Gasteiger partial charge in [-0.25, -0.2) is 18.7 Å². The molecule has 2 aromatic rings. The molecule has 3 heterocycles. The predicted octanol–water partition coefficient (Wildman–Crippen LogP) is 4.31. The Morgan fingerprint density at radius 1 is 1.18 bits per heavy atom. The van der Waals surface area contributed by atoms with Crippen LogP contribution in [-0.2, 0) is 11.2 Å². The standard InChI is InChI=1S/C25H29ClF2N4O2/c26-19-12-29-25(30-13-19)31-6-3-16(4-7-31)22-9-17(22)5-8-34-21-2-1-18(23(28)11-21)10-24(33)32-14-20(27)15-32/h1-2,11-13,16-17,20,22H,3-10,14-15H2/t17-,22-/m0/s1. The molecule has 182 valence electrons. The predicted molar refractivity (Wildman–Crippen MR) is 125 cm³/mol. The minimum absolute atomic E-state index is 0.0501. The van der Waals surface area contributed by atoms with E-state index < -0.39 is 12.0 Å². The lowest BCUT2D eigenvalue weighted by Crippen LogP contribution is -2.52. The first-order valence-corrected chi connectivity index (χ1v) is 12.4. The number of alkyl halides is 1. The maximum Gasteiger partial charge on any atom is 0.227 e. The van der Waals surface area contributed by atoms with E-state index in [-0.39, 0.29) is 25.4 Å². The monoisotopic (exact) mass is 490 g/mol. The third kappa shape index (κ3) is 5.43. The molecule has 34 heavy (non-hydrogen) atoms. The number of rotatable bonds is 8. The number of piperidine rings is 1. The first-order chi connectivity index (χ1) is 16.5. The molecule has 0 N–H and O–H groups in total. The van der Waals surface area contributed by atoms with Gasteiger partial charge in [0.15, 0.2) is 0 Å². The number of likely N-dealkylation sites (tertiary alicyclic amines) is 1. The molecule has 3 fully saturated rings. The maximum atomic E-state index is 14.4. The molecule has 1 saturated carbocycles. The van der Waals surface area contributed by atoms with Gasteiger partial charge in [0.2, 0.25) is 11.9 Å². The van der Waals surface area contributed by atoms with Gasteiger partial charge in [0.05, 0.1) is 43.5 Å². The van der Waals surface area contributed by atoms with Gasteiger partial charge in [0.25, 0.3) is 0 Å². The number of amides is 1. The van der Waals surface area contributed by atoms with Crippen LogP contribution in [0, 0.1) is 23.6 Å². The van der Waals surface area contributed by atoms with E-state index in [1.807, 2.05) is 0 Å². The van der Waals surface area contributed by atoms with Crippen molar-refractivity contribution in [1.29, 1.82) is 0 Å². The van der Waals surface area contributed by atoms with Crippen molar-refractivity contribution in [3.05, 3.63) is 47.0 Å². The van der Waals surface area contributed by atoms with E-state index in [1.54, 1.807) is 24.5 Å². The lowest BCUT2D eigenvalue weighted by molar-refractivity contribution is -0.137. The van der Waals surface area contributed by atoms with Gasteiger partial charge in [-0.2, -0.15) is 0 Å². The molecule has 2 aliphatic heterocycles. The van der Waals surface area contributed by atoms with E-state index in [9.17, 15) is 13.6 Å². The Morgan fingerprint density at radius 3 is 2.59 bits per heavy atom. The van der Waals surface area contributed by atoms with Crippen LogP contribution in [0.5, 0.6) is 5.75 Å². The van der Waals surface area contributed by atoms with Crippen LogP contribution in [0.4, 0.5) is 14.7 Å². The molecule has 6 nitrogen and oxygen atoms in total. The topological polar surface area (TPSA) is 58.6 Å². The quantitative estimate of drug-likeness (QED) is 0.552. The van der Waals surface area contributed by atoms with Crippen LogP contribution in [0.1, 0.15) is 31.2 Å². The lowest BCUT2D eigenvalue weighted by atomic mass is 9.90. The van der Waals surface area contributed by atoms with E-state index >= 15 is 0 Å². The number of carbonyl (C=O) groups excluding carboxylic acids is 1. The number of anilines is 1. The highest BCUT2D eigenvalue weighted by Gasteiger charge is 2.43. The van der Waals surface area contributed by atoms with Crippen LogP contribution in [-0.4, -0.2) is 59.7 Å². The Hall–Kier alpha value is -2.48. The summed E-state index contributed by atoms with van der Waals surface area (Å²) < 4.78 is 33.1. The summed E-state index contributed by atoms with van der Waals surface area (Å²) >= 11 is 5.88. The van der Waals surface area contributed by atoms with Crippen molar-refractivity contribution in [2.75, 3.05) is 37.7 Å². The van der Waals surface area contributed by atoms with Crippen LogP contribution in [0.3, 0.4) is 0 Å². The molecule has 1 aromatic heterocycles. The van der Waals surface area contributed by atoms with Crippen molar-refractivity contribution in [3.63, 3.8) is 0 Å². The highest BCUT2D eigenvalue weighted by molar-refractivity contribution is 6.30. The molecule has 0 unspecified atom stereocenters. The summed E-state index contributed by atoms with van der Waals surface area (Å²) in [6, 6.07) is 4.64. The maximum absolute atomic E-state index is 14.4. The van der Waals surface area contributed by atoms with E-state index in [2.05, 4.69) is 14.9 Å². The zero-order chi connectivity index (χ0) is 23.7. The molecule has 1 aliphatic carbocycles. The van der Waals surface area contributed by atoms with Gasteiger partial charge < -0.3 is 14.5 Å². The fourth-order valence-corrected chi connectivity index (χ4v) is 5.27. The van der Waals surface area contributed by atoms with E-state index in [0.717, 1.165) is 50.1 Å². The number of hydrogen-bond donors (Lipinski definition) is 0. The largest absolute Gasteiger partial charge is 0.493 e. The molecule has 1 aromatic carbocycles. The smallest absolute Gasteiger partial charge is 0.227 e. The molecule has 3 aliphatic rings. The third-order valence-corrected chi connectivity index (χ3v) is 7.52. The first kappa shape index (κ1) is 23.3. The number of carbonyl (C=O) groups is 1. The average molecular weight is 491 g/mol. The summed E-state index contributed by atoms with van der Waals surface area (Å²) in [5.74, 6) is 2.67. The Morgan fingerprint density at radius 2 is 1.91 bits per heavy atom. The zero-order valence-corrected chi connectivity index (χ0v) is 19.8. The Bertz CT molecular complexity index is 1010. The highest BCUT2D eigenvalue weighted by atomic mass is 35.5. The number of hydrogen-bond acceptors (Lipinski definition) is 5. The van der Waals surface area contributed by atoms with Crippen molar-refractivity contribution < 1.29 is 18.3 Å². The van der Waals surface area contributed by atoms with Gasteiger partial charge in [-0.1, -0.05) is 17.7 Å².